The predicted molar refractivity (Wildman–Crippen MR) is 82.9 cm³/mol. The van der Waals surface area contributed by atoms with Crippen LogP contribution < -0.4 is 14.8 Å². The number of carbonyl (C=O) groups is 1. The molecule has 1 N–H and O–H groups in total. The second kappa shape index (κ2) is 5.55. The maximum Gasteiger partial charge on any atom is 0.248 e. The highest BCUT2D eigenvalue weighted by atomic mass is 16.7. The van der Waals surface area contributed by atoms with Gasteiger partial charge in [0, 0.05) is 13.1 Å². The molecule has 0 saturated heterocycles. The monoisotopic (exact) mass is 299 g/mol. The summed E-state index contributed by atoms with van der Waals surface area (Å²) >= 11 is 0. The summed E-state index contributed by atoms with van der Waals surface area (Å²) in [5.41, 5.74) is 3.34. The van der Waals surface area contributed by atoms with Crippen LogP contribution in [0.1, 0.15) is 17.0 Å². The van der Waals surface area contributed by atoms with E-state index in [0.29, 0.717) is 5.75 Å². The third kappa shape index (κ3) is 2.67. The van der Waals surface area contributed by atoms with Crippen LogP contribution in [0.5, 0.6) is 11.5 Å². The largest absolute Gasteiger partial charge is 0.454 e. The van der Waals surface area contributed by atoms with Crippen molar-refractivity contribution in [1.82, 2.24) is 9.78 Å². The molecule has 6 nitrogen and oxygen atoms in total. The molecule has 6 heteroatoms. The van der Waals surface area contributed by atoms with Crippen LogP contribution in [0.15, 0.2) is 24.3 Å². The number of nitrogens with zero attached hydrogens (tertiary/aromatic N) is 2. The Labute approximate surface area is 128 Å². The molecule has 0 spiro atoms. The van der Waals surface area contributed by atoms with Crippen molar-refractivity contribution in [3.05, 3.63) is 41.2 Å². The van der Waals surface area contributed by atoms with Crippen LogP contribution >= 0.6 is 0 Å². The quantitative estimate of drug-likeness (QED) is 0.884. The van der Waals surface area contributed by atoms with E-state index in [4.69, 9.17) is 9.47 Å². The van der Waals surface area contributed by atoms with Gasteiger partial charge in [0.05, 0.1) is 17.1 Å². The van der Waals surface area contributed by atoms with E-state index in [9.17, 15) is 4.79 Å². The molecule has 2 heterocycles. The van der Waals surface area contributed by atoms with E-state index in [1.165, 1.54) is 6.08 Å². The normalized spacial score (nSPS) is 12.9. The Hall–Kier alpha value is -2.76. The summed E-state index contributed by atoms with van der Waals surface area (Å²) in [6.07, 6.45) is 3.22. The molecule has 3 rings (SSSR count). The first-order valence-corrected chi connectivity index (χ1v) is 6.93. The van der Waals surface area contributed by atoms with Crippen molar-refractivity contribution >= 4 is 17.7 Å². The lowest BCUT2D eigenvalue weighted by atomic mass is 10.2. The standard InChI is InChI=1S/C16H17N3O3/c1-10-16(11(2)19(3)18-10)17-15(20)7-5-12-4-6-13-14(8-12)22-9-21-13/h4-8H,9H2,1-3H3,(H,17,20). The first-order valence-electron chi connectivity index (χ1n) is 6.93. The van der Waals surface area contributed by atoms with Gasteiger partial charge < -0.3 is 14.8 Å². The first-order chi connectivity index (χ1) is 10.5. The van der Waals surface area contributed by atoms with Crippen molar-refractivity contribution in [3.63, 3.8) is 0 Å². The lowest BCUT2D eigenvalue weighted by molar-refractivity contribution is -0.111. The number of carbonyl (C=O) groups excluding carboxylic acids is 1. The molecule has 0 saturated carbocycles. The topological polar surface area (TPSA) is 65.4 Å². The van der Waals surface area contributed by atoms with Crippen molar-refractivity contribution in [3.8, 4) is 11.5 Å². The lowest BCUT2D eigenvalue weighted by Crippen LogP contribution is -2.09. The van der Waals surface area contributed by atoms with Gasteiger partial charge in [-0.3, -0.25) is 9.48 Å². The number of hydrogen-bond donors (Lipinski definition) is 1. The Bertz CT molecular complexity index is 762. The zero-order chi connectivity index (χ0) is 15.7. The Morgan fingerprint density at radius 2 is 2.09 bits per heavy atom. The molecule has 1 aliphatic heterocycles. The number of aryl methyl sites for hydroxylation is 2. The minimum atomic E-state index is -0.197. The third-order valence-electron chi connectivity index (χ3n) is 3.58. The highest BCUT2D eigenvalue weighted by Gasteiger charge is 2.13. The molecule has 22 heavy (non-hydrogen) atoms. The molecular formula is C16H17N3O3. The fraction of sp³-hybridized carbons (Fsp3) is 0.250. The summed E-state index contributed by atoms with van der Waals surface area (Å²) in [6, 6.07) is 5.54. The van der Waals surface area contributed by atoms with Gasteiger partial charge >= 0.3 is 0 Å². The average molecular weight is 299 g/mol. The Morgan fingerprint density at radius 1 is 1.32 bits per heavy atom. The molecule has 1 amide bonds. The second-order valence-electron chi connectivity index (χ2n) is 5.10. The van der Waals surface area contributed by atoms with Crippen molar-refractivity contribution in [2.75, 3.05) is 12.1 Å². The fourth-order valence-electron chi connectivity index (χ4n) is 2.31. The van der Waals surface area contributed by atoms with Crippen LogP contribution in [0.3, 0.4) is 0 Å². The van der Waals surface area contributed by atoms with Crippen LogP contribution in [0.4, 0.5) is 5.69 Å². The maximum absolute atomic E-state index is 12.0. The van der Waals surface area contributed by atoms with Gasteiger partial charge in [0.25, 0.3) is 0 Å². The summed E-state index contributed by atoms with van der Waals surface area (Å²) in [7, 11) is 1.85. The summed E-state index contributed by atoms with van der Waals surface area (Å²) in [4.78, 5) is 12.0. The van der Waals surface area contributed by atoms with E-state index >= 15 is 0 Å². The lowest BCUT2D eigenvalue weighted by Gasteiger charge is -2.02. The molecule has 0 radical (unpaired) electrons. The van der Waals surface area contributed by atoms with Crippen LogP contribution in [0.25, 0.3) is 6.08 Å². The maximum atomic E-state index is 12.0. The number of benzene rings is 1. The van der Waals surface area contributed by atoms with E-state index in [2.05, 4.69) is 10.4 Å². The van der Waals surface area contributed by atoms with E-state index in [0.717, 1.165) is 28.4 Å². The summed E-state index contributed by atoms with van der Waals surface area (Å²) < 4.78 is 12.3. The molecule has 0 atom stereocenters. The van der Waals surface area contributed by atoms with Crippen LogP contribution in [0.2, 0.25) is 0 Å². The molecule has 0 bridgehead atoms. The minimum absolute atomic E-state index is 0.197. The van der Waals surface area contributed by atoms with Gasteiger partial charge in [-0.15, -0.1) is 0 Å². The van der Waals surface area contributed by atoms with Gasteiger partial charge in [-0.05, 0) is 37.6 Å². The van der Waals surface area contributed by atoms with Crippen LogP contribution in [0, 0.1) is 13.8 Å². The summed E-state index contributed by atoms with van der Waals surface area (Å²) in [6.45, 7) is 4.02. The van der Waals surface area contributed by atoms with Gasteiger partial charge in [-0.25, -0.2) is 0 Å². The van der Waals surface area contributed by atoms with E-state index in [1.807, 2.05) is 39.1 Å². The molecule has 1 aliphatic rings. The minimum Gasteiger partial charge on any atom is -0.454 e. The summed E-state index contributed by atoms with van der Waals surface area (Å²) in [5, 5.41) is 7.13. The number of nitrogens with one attached hydrogen (secondary N) is 1. The highest BCUT2D eigenvalue weighted by molar-refractivity contribution is 6.02. The van der Waals surface area contributed by atoms with Gasteiger partial charge in [0.1, 0.15) is 0 Å². The Kier molecular flexibility index (Phi) is 3.58. The predicted octanol–water partition coefficient (Wildman–Crippen LogP) is 2.42. The molecule has 0 aliphatic carbocycles. The molecule has 2 aromatic rings. The number of ether oxygens (including phenoxy) is 2. The highest BCUT2D eigenvalue weighted by Crippen LogP contribution is 2.32. The van der Waals surface area contributed by atoms with Crippen LogP contribution in [-0.2, 0) is 11.8 Å². The molecule has 0 unspecified atom stereocenters. The average Bonchev–Trinajstić information content (AvgIpc) is 3.05. The van der Waals surface area contributed by atoms with E-state index in [-0.39, 0.29) is 12.7 Å². The molecule has 0 fully saturated rings. The molecule has 1 aromatic heterocycles. The molecule has 1 aromatic carbocycles. The molecule has 114 valence electrons. The van der Waals surface area contributed by atoms with Crippen molar-refractivity contribution in [2.24, 2.45) is 7.05 Å². The number of hydrogen-bond acceptors (Lipinski definition) is 4. The van der Waals surface area contributed by atoms with Crippen molar-refractivity contribution in [2.45, 2.75) is 13.8 Å². The molecular weight excluding hydrogens is 282 g/mol. The zero-order valence-corrected chi connectivity index (χ0v) is 12.7. The number of aromatic nitrogens is 2. The van der Waals surface area contributed by atoms with Gasteiger partial charge in [-0.1, -0.05) is 6.07 Å². The number of anilines is 1. The SMILES string of the molecule is Cc1nn(C)c(C)c1NC(=O)C=Cc1ccc2c(c1)OCO2. The van der Waals surface area contributed by atoms with Crippen molar-refractivity contribution in [1.29, 1.82) is 0 Å². The van der Waals surface area contributed by atoms with E-state index < -0.39 is 0 Å². The number of amides is 1. The number of fused-ring (bicyclic) bond motifs is 1. The van der Waals surface area contributed by atoms with E-state index in [1.54, 1.807) is 10.8 Å². The zero-order valence-electron chi connectivity index (χ0n) is 12.7. The Balaban J connectivity index is 1.71. The number of rotatable bonds is 3. The Morgan fingerprint density at radius 3 is 2.82 bits per heavy atom. The van der Waals surface area contributed by atoms with Crippen LogP contribution in [-0.4, -0.2) is 22.5 Å². The first kappa shape index (κ1) is 14.2. The van der Waals surface area contributed by atoms with Gasteiger partial charge in [0.2, 0.25) is 12.7 Å². The fourth-order valence-corrected chi connectivity index (χ4v) is 2.31. The summed E-state index contributed by atoms with van der Waals surface area (Å²) in [5.74, 6) is 1.22. The second-order valence-corrected chi connectivity index (χ2v) is 5.10. The van der Waals surface area contributed by atoms with Gasteiger partial charge in [0.15, 0.2) is 11.5 Å². The van der Waals surface area contributed by atoms with Crippen molar-refractivity contribution < 1.29 is 14.3 Å². The third-order valence-corrected chi connectivity index (χ3v) is 3.58. The smallest absolute Gasteiger partial charge is 0.248 e. The van der Waals surface area contributed by atoms with Gasteiger partial charge in [-0.2, -0.15) is 5.10 Å².